The van der Waals surface area contributed by atoms with Gasteiger partial charge >= 0.3 is 6.55 Å². The van der Waals surface area contributed by atoms with Crippen molar-refractivity contribution >= 4 is 35.5 Å². The number of allylic oxidation sites excluding steroid dienone is 2. The first-order chi connectivity index (χ1) is 17.2. The van der Waals surface area contributed by atoms with Crippen LogP contribution in [0.5, 0.6) is 0 Å². The van der Waals surface area contributed by atoms with Crippen molar-refractivity contribution in [2.75, 3.05) is 43.4 Å². The van der Waals surface area contributed by atoms with Gasteiger partial charge in [-0.25, -0.2) is 4.68 Å². The summed E-state index contributed by atoms with van der Waals surface area (Å²) in [6.45, 7) is 9.21. The summed E-state index contributed by atoms with van der Waals surface area (Å²) in [7, 11) is 2.12. The molecule has 0 saturated carbocycles. The van der Waals surface area contributed by atoms with E-state index in [1.165, 1.54) is 12.4 Å². The molecule has 3 aromatic rings. The lowest BCUT2D eigenvalue weighted by atomic mass is 10.1. The van der Waals surface area contributed by atoms with Gasteiger partial charge in [0.05, 0.1) is 6.20 Å². The number of halogens is 2. The predicted molar refractivity (Wildman–Crippen MR) is 142 cm³/mol. The Hall–Kier alpha value is -3.78. The number of benzene rings is 2. The molecule has 1 aromatic heterocycles. The van der Waals surface area contributed by atoms with E-state index < -0.39 is 6.55 Å². The quantitative estimate of drug-likeness (QED) is 0.569. The van der Waals surface area contributed by atoms with Gasteiger partial charge in [0.25, 0.3) is 5.91 Å². The Labute approximate surface area is 209 Å². The van der Waals surface area contributed by atoms with E-state index in [4.69, 9.17) is 0 Å². The molecule has 2 heterocycles. The van der Waals surface area contributed by atoms with E-state index in [-0.39, 0.29) is 5.91 Å². The lowest BCUT2D eigenvalue weighted by Gasteiger charge is -2.35. The zero-order valence-corrected chi connectivity index (χ0v) is 20.8. The fraction of sp³-hybridized carbons (Fsp3) is 0.286. The van der Waals surface area contributed by atoms with Gasteiger partial charge in [0.1, 0.15) is 0 Å². The first kappa shape index (κ1) is 25.3. The normalized spacial score (nSPS) is 15.6. The number of carbonyl (C=O) groups is 1. The molecule has 2 aromatic carbocycles. The number of aryl methyl sites for hydroxylation is 1. The van der Waals surface area contributed by atoms with Crippen molar-refractivity contribution in [1.29, 1.82) is 0 Å². The van der Waals surface area contributed by atoms with Crippen LogP contribution in [-0.4, -0.2) is 53.8 Å². The molecule has 1 aliphatic rings. The lowest BCUT2D eigenvalue weighted by Crippen LogP contribution is -2.44. The molecule has 0 atom stereocenters. The molecule has 1 fully saturated rings. The Balaban J connectivity index is 1.48. The molecule has 188 valence electrons. The summed E-state index contributed by atoms with van der Waals surface area (Å²) in [6, 6.07) is 11.3. The van der Waals surface area contributed by atoms with Gasteiger partial charge in [-0.15, -0.1) is 0 Å². The highest BCUT2D eigenvalue weighted by atomic mass is 19.3. The summed E-state index contributed by atoms with van der Waals surface area (Å²) in [5.74, 6) is -0.173. The summed E-state index contributed by atoms with van der Waals surface area (Å²) in [5.41, 5.74) is 4.94. The van der Waals surface area contributed by atoms with Gasteiger partial charge in [-0.05, 0) is 66.7 Å². The van der Waals surface area contributed by atoms with Crippen molar-refractivity contribution in [2.45, 2.75) is 20.4 Å². The zero-order chi connectivity index (χ0) is 25.8. The first-order valence-corrected chi connectivity index (χ1v) is 11.9. The van der Waals surface area contributed by atoms with Crippen LogP contribution in [0, 0.1) is 6.92 Å². The number of aromatic nitrogens is 2. The molecule has 4 rings (SSSR count). The highest BCUT2D eigenvalue weighted by molar-refractivity contribution is 6.05. The van der Waals surface area contributed by atoms with Crippen molar-refractivity contribution in [2.24, 2.45) is 0 Å². The Morgan fingerprint density at radius 1 is 1.11 bits per heavy atom. The monoisotopic (exact) mass is 491 g/mol. The predicted octanol–water partition coefficient (Wildman–Crippen LogP) is 3.89. The lowest BCUT2D eigenvalue weighted by molar-refractivity contribution is 0.0566. The van der Waals surface area contributed by atoms with Gasteiger partial charge in [0.2, 0.25) is 0 Å². The summed E-state index contributed by atoms with van der Waals surface area (Å²) >= 11 is 0. The van der Waals surface area contributed by atoms with Crippen molar-refractivity contribution in [3.8, 4) is 0 Å². The third kappa shape index (κ3) is 5.88. The summed E-state index contributed by atoms with van der Waals surface area (Å²) in [5, 5.41) is 8.24. The largest absolute Gasteiger partial charge is 0.369 e. The van der Waals surface area contributed by atoms with Crippen LogP contribution >= 0.6 is 0 Å². The molecule has 1 amide bonds. The number of hydrogen-bond acceptors (Lipinski definition) is 4. The van der Waals surface area contributed by atoms with Crippen molar-refractivity contribution < 1.29 is 13.6 Å². The van der Waals surface area contributed by atoms with E-state index in [9.17, 15) is 13.6 Å². The number of hydrogen-bond donors (Lipinski definition) is 1. The number of amides is 1. The van der Waals surface area contributed by atoms with Crippen molar-refractivity contribution in [3.05, 3.63) is 82.0 Å². The molecular formula is C28H31F2N5O. The van der Waals surface area contributed by atoms with Crippen LogP contribution in [0.15, 0.2) is 54.9 Å². The second-order valence-electron chi connectivity index (χ2n) is 9.16. The molecule has 0 aliphatic carbocycles. The molecule has 0 bridgehead atoms. The van der Waals surface area contributed by atoms with Crippen molar-refractivity contribution in [3.63, 3.8) is 0 Å². The standard InChI is InChI=1S/C28H31F2N5O/c1-19(24-17-31-35(18-24)28(29)30)5-7-22-9-10-25(15-21(22)3)32-27(36)23-8-6-20(2)26(16-23)34-13-11-33(4)12-14-34/h5-10,15-18,28H,3,11-14H2,1-2,4H3,(H,32,36)/b19-5+,22-7-. The number of anilines is 2. The van der Waals surface area contributed by atoms with Gasteiger partial charge < -0.3 is 15.1 Å². The van der Waals surface area contributed by atoms with Crippen LogP contribution in [-0.2, 0) is 0 Å². The van der Waals surface area contributed by atoms with Gasteiger partial charge in [-0.3, -0.25) is 4.79 Å². The average Bonchev–Trinajstić information content (AvgIpc) is 3.35. The van der Waals surface area contributed by atoms with E-state index in [1.807, 2.05) is 55.5 Å². The molecule has 8 heteroatoms. The van der Waals surface area contributed by atoms with E-state index in [0.717, 1.165) is 53.4 Å². The molecule has 0 spiro atoms. The Bertz CT molecular complexity index is 1390. The fourth-order valence-corrected chi connectivity index (χ4v) is 4.15. The smallest absolute Gasteiger partial charge is 0.333 e. The van der Waals surface area contributed by atoms with Crippen LogP contribution in [0.3, 0.4) is 0 Å². The number of piperazine rings is 1. The zero-order valence-electron chi connectivity index (χ0n) is 20.8. The topological polar surface area (TPSA) is 53.4 Å². The number of nitrogens with one attached hydrogen (secondary N) is 1. The Morgan fingerprint density at radius 3 is 2.53 bits per heavy atom. The molecule has 36 heavy (non-hydrogen) atoms. The maximum absolute atomic E-state index is 13.0. The third-order valence-electron chi connectivity index (χ3n) is 6.49. The highest BCUT2D eigenvalue weighted by Crippen LogP contribution is 2.23. The number of likely N-dealkylation sites (N-methyl/N-ethyl adjacent to an activating group) is 1. The van der Waals surface area contributed by atoms with Crippen LogP contribution in [0.2, 0.25) is 0 Å². The minimum Gasteiger partial charge on any atom is -0.369 e. The Morgan fingerprint density at radius 2 is 1.86 bits per heavy atom. The second kappa shape index (κ2) is 10.9. The molecule has 0 radical (unpaired) electrons. The van der Waals surface area contributed by atoms with Crippen LogP contribution < -0.4 is 20.7 Å². The summed E-state index contributed by atoms with van der Waals surface area (Å²) in [6.07, 6.45) is 6.43. The Kier molecular flexibility index (Phi) is 7.64. The maximum atomic E-state index is 13.0. The molecule has 1 aliphatic heterocycles. The summed E-state index contributed by atoms with van der Waals surface area (Å²) in [4.78, 5) is 17.6. The van der Waals surface area contributed by atoms with Crippen LogP contribution in [0.25, 0.3) is 18.2 Å². The van der Waals surface area contributed by atoms with Crippen molar-refractivity contribution in [1.82, 2.24) is 14.7 Å². The van der Waals surface area contributed by atoms with Gasteiger partial charge in [-0.2, -0.15) is 13.9 Å². The van der Waals surface area contributed by atoms with Gasteiger partial charge in [0, 0.05) is 54.9 Å². The van der Waals surface area contributed by atoms with Gasteiger partial charge in [-0.1, -0.05) is 30.9 Å². The number of carbonyl (C=O) groups excluding carboxylic acids is 1. The summed E-state index contributed by atoms with van der Waals surface area (Å²) < 4.78 is 26.1. The number of alkyl halides is 2. The minimum absolute atomic E-state index is 0.173. The van der Waals surface area contributed by atoms with E-state index in [2.05, 4.69) is 40.8 Å². The third-order valence-corrected chi connectivity index (χ3v) is 6.49. The molecule has 1 saturated heterocycles. The van der Waals surface area contributed by atoms with Gasteiger partial charge in [0.15, 0.2) is 0 Å². The number of nitrogens with zero attached hydrogens (tertiary/aromatic N) is 4. The second-order valence-corrected chi connectivity index (χ2v) is 9.16. The molecule has 0 unspecified atom stereocenters. The highest BCUT2D eigenvalue weighted by Gasteiger charge is 2.17. The average molecular weight is 492 g/mol. The maximum Gasteiger partial charge on any atom is 0.333 e. The number of rotatable bonds is 6. The molecule has 1 N–H and O–H groups in total. The van der Waals surface area contributed by atoms with E-state index in [1.54, 1.807) is 0 Å². The first-order valence-electron chi connectivity index (χ1n) is 11.9. The fourth-order valence-electron chi connectivity index (χ4n) is 4.15. The van der Waals surface area contributed by atoms with Crippen LogP contribution in [0.1, 0.15) is 35.0 Å². The van der Waals surface area contributed by atoms with E-state index in [0.29, 0.717) is 21.5 Å². The molecular weight excluding hydrogens is 460 g/mol. The minimum atomic E-state index is -2.66. The van der Waals surface area contributed by atoms with E-state index >= 15 is 0 Å². The molecule has 6 nitrogen and oxygen atoms in total. The SMILES string of the molecule is C=c1cc(NC(=O)c2ccc(C)c(N3CCN(C)CC3)c2)cc/c1=C/C=C(\C)c1cnn(C(F)F)c1. The van der Waals surface area contributed by atoms with Crippen LogP contribution in [0.4, 0.5) is 20.2 Å².